The van der Waals surface area contributed by atoms with Gasteiger partial charge in [-0.05, 0) is 66.6 Å². The monoisotopic (exact) mass is 528 g/mol. The lowest BCUT2D eigenvalue weighted by Crippen LogP contribution is -2.40. The Morgan fingerprint density at radius 3 is 2.76 bits per heavy atom. The average molecular weight is 529 g/mol. The minimum atomic E-state index is -1.12. The van der Waals surface area contributed by atoms with Crippen LogP contribution >= 0.6 is 11.6 Å². The van der Waals surface area contributed by atoms with Crippen molar-refractivity contribution >= 4 is 23.4 Å². The number of amides is 1. The van der Waals surface area contributed by atoms with Crippen LogP contribution in [0.2, 0.25) is 5.02 Å². The number of aromatic nitrogens is 7. The fourth-order valence-electron chi connectivity index (χ4n) is 5.11. The molecule has 0 radical (unpaired) electrons. The molecule has 0 fully saturated rings. The molecule has 6 rings (SSSR count). The van der Waals surface area contributed by atoms with E-state index >= 15 is 0 Å². The van der Waals surface area contributed by atoms with E-state index < -0.39 is 11.5 Å². The molecule has 38 heavy (non-hydrogen) atoms. The van der Waals surface area contributed by atoms with E-state index in [1.807, 2.05) is 19.1 Å². The number of hydrogen-bond donors (Lipinski definition) is 3. The summed E-state index contributed by atoms with van der Waals surface area (Å²) in [5, 5.41) is 36.7. The number of nitrogens with one attached hydrogen (secondary N) is 2. The van der Waals surface area contributed by atoms with Crippen molar-refractivity contribution in [3.63, 3.8) is 0 Å². The van der Waals surface area contributed by atoms with E-state index in [9.17, 15) is 10.0 Å². The fraction of sp³-hybridized carbons (Fsp3) is 0.154. The van der Waals surface area contributed by atoms with Crippen LogP contribution in [0.3, 0.4) is 0 Å². The molecule has 0 spiro atoms. The normalized spacial score (nSPS) is 16.4. The molecule has 1 unspecified atom stereocenters. The maximum atomic E-state index is 13.5. The van der Waals surface area contributed by atoms with Gasteiger partial charge in [0, 0.05) is 39.2 Å². The number of nitrogens with zero attached hydrogens (tertiary/aromatic N) is 6. The molecule has 3 N–H and O–H groups in total. The van der Waals surface area contributed by atoms with Crippen LogP contribution in [0.4, 0.5) is 10.5 Å². The third-order valence-electron chi connectivity index (χ3n) is 6.93. The van der Waals surface area contributed by atoms with E-state index in [1.165, 1.54) is 11.0 Å². The number of hydrogen-bond acceptors (Lipinski definition) is 6. The van der Waals surface area contributed by atoms with Crippen molar-refractivity contribution in [2.75, 3.05) is 5.32 Å². The Bertz CT molecular complexity index is 1670. The summed E-state index contributed by atoms with van der Waals surface area (Å²) in [5.74, 6) is 0.688. The van der Waals surface area contributed by atoms with Gasteiger partial charge in [-0.3, -0.25) is 5.32 Å². The molecule has 190 valence electrons. The molecule has 3 aromatic heterocycles. The van der Waals surface area contributed by atoms with Crippen LogP contribution in [0.15, 0.2) is 67.3 Å². The molecule has 1 aliphatic rings. The van der Waals surface area contributed by atoms with Crippen LogP contribution in [0.25, 0.3) is 28.1 Å². The molecule has 0 saturated heterocycles. The molecule has 1 amide bonds. The number of rotatable bonds is 5. The van der Waals surface area contributed by atoms with E-state index in [2.05, 4.69) is 25.8 Å². The molecule has 1 aliphatic carbocycles. The second-order valence-electron chi connectivity index (χ2n) is 9.32. The molecule has 5 aromatic rings. The number of fused-ring (bicyclic) bond motifs is 1. The van der Waals surface area contributed by atoms with Gasteiger partial charge in [-0.1, -0.05) is 23.7 Å². The lowest BCUT2D eigenvalue weighted by molar-refractivity contribution is -0.616. The lowest BCUT2D eigenvalue weighted by Gasteiger charge is -2.21. The number of anilines is 1. The summed E-state index contributed by atoms with van der Waals surface area (Å²) < 4.78 is 2.46. The summed E-state index contributed by atoms with van der Waals surface area (Å²) in [5.41, 5.74) is 5.13. The van der Waals surface area contributed by atoms with Crippen molar-refractivity contribution in [2.24, 2.45) is 0 Å². The van der Waals surface area contributed by atoms with Gasteiger partial charge in [0.1, 0.15) is 17.6 Å². The summed E-state index contributed by atoms with van der Waals surface area (Å²) >= 11 is 6.31. The van der Waals surface area contributed by atoms with Gasteiger partial charge in [-0.25, -0.2) is 9.78 Å². The zero-order chi connectivity index (χ0) is 26.4. The summed E-state index contributed by atoms with van der Waals surface area (Å²) in [4.78, 5) is 18.9. The zero-order valence-corrected chi connectivity index (χ0v) is 20.8. The maximum absolute atomic E-state index is 13.5. The van der Waals surface area contributed by atoms with Gasteiger partial charge in [0.05, 0.1) is 11.4 Å². The second kappa shape index (κ2) is 8.96. The number of carboxylic acid groups (broad SMARTS) is 1. The van der Waals surface area contributed by atoms with Crippen molar-refractivity contribution in [3.8, 4) is 28.1 Å². The second-order valence-corrected chi connectivity index (χ2v) is 9.75. The Labute approximate surface area is 221 Å². The summed E-state index contributed by atoms with van der Waals surface area (Å²) in [7, 11) is 0. The molecule has 0 bridgehead atoms. The van der Waals surface area contributed by atoms with Gasteiger partial charge in [0.2, 0.25) is 5.69 Å². The van der Waals surface area contributed by atoms with Gasteiger partial charge >= 0.3 is 6.09 Å². The molecule has 2 aromatic carbocycles. The fourth-order valence-corrected chi connectivity index (χ4v) is 5.28. The van der Waals surface area contributed by atoms with Gasteiger partial charge in [-0.2, -0.15) is 9.41 Å². The standard InChI is InChI=1S/C26H21ClN8O3/c1-26(24-28-12-21(31-24)15-2-5-19(6-3-15)30-25(36)37)9-8-16-10-17(13-35(38)23(16)26)20-11-18(27)4-7-22(20)34-14-29-32-33-34/h2-7,10-14,30H,8-9H2,1H3,(H,28,31)(H,36,37). The Morgan fingerprint density at radius 1 is 1.21 bits per heavy atom. The molecule has 11 nitrogen and oxygen atoms in total. The summed E-state index contributed by atoms with van der Waals surface area (Å²) in [6.45, 7) is 2.02. The van der Waals surface area contributed by atoms with Crippen LogP contribution in [0, 0.1) is 5.21 Å². The zero-order valence-electron chi connectivity index (χ0n) is 20.1. The van der Waals surface area contributed by atoms with E-state index in [0.717, 1.165) is 21.4 Å². The first-order valence-electron chi connectivity index (χ1n) is 11.8. The Balaban J connectivity index is 1.36. The molecular weight excluding hydrogens is 508 g/mol. The van der Waals surface area contributed by atoms with Crippen LogP contribution in [-0.2, 0) is 11.8 Å². The molecule has 0 saturated carbocycles. The SMILES string of the molecule is CC1(c2nc(-c3ccc(NC(=O)O)cc3)c[nH]2)CCc2cc(-c3cc(Cl)ccc3-n3cnnn3)c[n+]([O-])c21. The third-order valence-corrected chi connectivity index (χ3v) is 7.16. The van der Waals surface area contributed by atoms with Crippen molar-refractivity contribution in [3.05, 3.63) is 94.6 Å². The van der Waals surface area contributed by atoms with E-state index in [1.54, 1.807) is 48.8 Å². The number of pyridine rings is 1. The molecule has 1 atom stereocenters. The topological polar surface area (TPSA) is 149 Å². The Hall–Kier alpha value is -4.77. The van der Waals surface area contributed by atoms with Gasteiger partial charge < -0.3 is 15.3 Å². The number of aromatic amines is 1. The van der Waals surface area contributed by atoms with E-state index in [-0.39, 0.29) is 0 Å². The highest BCUT2D eigenvalue weighted by atomic mass is 35.5. The van der Waals surface area contributed by atoms with Gasteiger partial charge in [0.15, 0.2) is 6.20 Å². The number of imidazole rings is 1. The van der Waals surface area contributed by atoms with Crippen LogP contribution in [0.1, 0.15) is 30.4 Å². The number of H-pyrrole nitrogens is 1. The molecule has 12 heteroatoms. The number of halogens is 1. The minimum absolute atomic E-state index is 0.472. The first-order chi connectivity index (χ1) is 18.3. The number of carbonyl (C=O) groups is 1. The smallest absolute Gasteiger partial charge is 0.409 e. The highest BCUT2D eigenvalue weighted by Crippen LogP contribution is 2.43. The lowest BCUT2D eigenvalue weighted by atomic mass is 9.86. The van der Waals surface area contributed by atoms with Crippen LogP contribution in [0.5, 0.6) is 0 Å². The number of tetrazole rings is 1. The molecular formula is C26H21ClN8O3. The van der Waals surface area contributed by atoms with Crippen molar-refractivity contribution < 1.29 is 14.6 Å². The van der Waals surface area contributed by atoms with Gasteiger partial charge in [0.25, 0.3) is 0 Å². The minimum Gasteiger partial charge on any atom is -0.618 e. The predicted octanol–water partition coefficient (Wildman–Crippen LogP) is 4.35. The van der Waals surface area contributed by atoms with E-state index in [0.29, 0.717) is 52.0 Å². The predicted molar refractivity (Wildman–Crippen MR) is 139 cm³/mol. The van der Waals surface area contributed by atoms with Crippen LogP contribution < -0.4 is 10.0 Å². The quantitative estimate of drug-likeness (QED) is 0.227. The first kappa shape index (κ1) is 23.6. The first-order valence-corrected chi connectivity index (χ1v) is 12.2. The summed E-state index contributed by atoms with van der Waals surface area (Å²) in [6, 6.07) is 14.3. The number of aryl methyl sites for hydroxylation is 1. The average Bonchev–Trinajstić information content (AvgIpc) is 3.65. The molecule has 0 aliphatic heterocycles. The largest absolute Gasteiger partial charge is 0.618 e. The highest BCUT2D eigenvalue weighted by Gasteiger charge is 2.46. The highest BCUT2D eigenvalue weighted by molar-refractivity contribution is 6.31. The molecule has 3 heterocycles. The van der Waals surface area contributed by atoms with Crippen molar-refractivity contribution in [1.29, 1.82) is 0 Å². The Morgan fingerprint density at radius 2 is 2.03 bits per heavy atom. The van der Waals surface area contributed by atoms with Crippen molar-refractivity contribution in [2.45, 2.75) is 25.2 Å². The Kier molecular flexibility index (Phi) is 5.57. The summed E-state index contributed by atoms with van der Waals surface area (Å²) in [6.07, 6.45) is 5.13. The van der Waals surface area contributed by atoms with Crippen molar-refractivity contribution in [1.82, 2.24) is 30.2 Å². The van der Waals surface area contributed by atoms with Gasteiger partial charge in [-0.15, -0.1) is 5.10 Å². The number of benzene rings is 2. The third kappa shape index (κ3) is 4.02. The van der Waals surface area contributed by atoms with Crippen LogP contribution in [-0.4, -0.2) is 41.4 Å². The van der Waals surface area contributed by atoms with E-state index in [4.69, 9.17) is 21.7 Å². The maximum Gasteiger partial charge on any atom is 0.409 e.